The molecule has 1 fully saturated rings. The van der Waals surface area contributed by atoms with Crippen LogP contribution in [0.2, 0.25) is 0 Å². The molecule has 0 radical (unpaired) electrons. The van der Waals surface area contributed by atoms with Crippen LogP contribution in [0.1, 0.15) is 46.5 Å². The van der Waals surface area contributed by atoms with Crippen molar-refractivity contribution in [3.05, 3.63) is 30.3 Å². The van der Waals surface area contributed by atoms with Gasteiger partial charge in [-0.05, 0) is 42.7 Å². The number of piperidine rings is 1. The lowest BCUT2D eigenvalue weighted by atomic mass is 9.82. The minimum absolute atomic E-state index is 0.0532. The third-order valence-electron chi connectivity index (χ3n) is 5.55. The van der Waals surface area contributed by atoms with Crippen molar-refractivity contribution < 1.29 is 18.3 Å². The number of aliphatic hydroxyl groups excluding tert-OH is 1. The Balaban J connectivity index is 1.98. The summed E-state index contributed by atoms with van der Waals surface area (Å²) in [6, 6.07) is 8.30. The molecule has 1 saturated heterocycles. The lowest BCUT2D eigenvalue weighted by molar-refractivity contribution is -0.123. The molecule has 7 heteroatoms. The summed E-state index contributed by atoms with van der Waals surface area (Å²) >= 11 is 0. The Kier molecular flexibility index (Phi) is 8.46. The van der Waals surface area contributed by atoms with Gasteiger partial charge in [-0.2, -0.15) is 4.31 Å². The Hall–Kier alpha value is -1.44. The van der Waals surface area contributed by atoms with E-state index in [2.05, 4.69) is 19.2 Å². The lowest BCUT2D eigenvalue weighted by Gasteiger charge is -2.37. The van der Waals surface area contributed by atoms with Crippen LogP contribution in [0.4, 0.5) is 0 Å². The van der Waals surface area contributed by atoms with Crippen LogP contribution in [-0.2, 0) is 14.8 Å². The number of carbonyl (C=O) groups is 1. The van der Waals surface area contributed by atoms with E-state index in [1.807, 2.05) is 6.92 Å². The van der Waals surface area contributed by atoms with E-state index in [0.29, 0.717) is 36.7 Å². The number of hydrogen-bond acceptors (Lipinski definition) is 4. The van der Waals surface area contributed by atoms with Crippen LogP contribution in [0.3, 0.4) is 0 Å². The van der Waals surface area contributed by atoms with Gasteiger partial charge in [-0.3, -0.25) is 4.79 Å². The standard InChI is InChI=1S/C21H34N2O4S/c1-4-17-14-23(28(26,27)20-8-6-5-7-9-20)11-10-18(17)13-21(25)22-19(15-24)12-16(2)3/h5-9,16-19,24H,4,10-15H2,1-3H3,(H,22,25). The smallest absolute Gasteiger partial charge is 0.243 e. The Bertz CT molecular complexity index is 721. The molecule has 1 heterocycles. The Morgan fingerprint density at radius 3 is 2.50 bits per heavy atom. The molecular formula is C21H34N2O4S. The molecule has 158 valence electrons. The topological polar surface area (TPSA) is 86.7 Å². The summed E-state index contributed by atoms with van der Waals surface area (Å²) < 4.78 is 27.3. The van der Waals surface area contributed by atoms with E-state index in [4.69, 9.17) is 0 Å². The normalized spacial score (nSPS) is 22.2. The highest BCUT2D eigenvalue weighted by Gasteiger charge is 2.35. The van der Waals surface area contributed by atoms with E-state index >= 15 is 0 Å². The molecular weight excluding hydrogens is 376 g/mol. The second kappa shape index (κ2) is 10.4. The highest BCUT2D eigenvalue weighted by Crippen LogP contribution is 2.32. The summed E-state index contributed by atoms with van der Waals surface area (Å²) in [6.07, 6.45) is 2.62. The van der Waals surface area contributed by atoms with Gasteiger partial charge in [0.1, 0.15) is 0 Å². The van der Waals surface area contributed by atoms with Crippen molar-refractivity contribution in [1.82, 2.24) is 9.62 Å². The summed E-state index contributed by atoms with van der Waals surface area (Å²) in [5.41, 5.74) is 0. The third-order valence-corrected chi connectivity index (χ3v) is 7.43. The van der Waals surface area contributed by atoms with Gasteiger partial charge in [0.2, 0.25) is 15.9 Å². The molecule has 6 nitrogen and oxygen atoms in total. The summed E-state index contributed by atoms with van der Waals surface area (Å²) in [4.78, 5) is 12.8. The molecule has 2 rings (SSSR count). The predicted octanol–water partition coefficient (Wildman–Crippen LogP) is 2.64. The Morgan fingerprint density at radius 2 is 1.93 bits per heavy atom. The monoisotopic (exact) mass is 410 g/mol. The molecule has 1 amide bonds. The number of amides is 1. The molecule has 1 aromatic rings. The number of carbonyl (C=O) groups excluding carboxylic acids is 1. The van der Waals surface area contributed by atoms with Crippen molar-refractivity contribution in [2.45, 2.75) is 57.4 Å². The summed E-state index contributed by atoms with van der Waals surface area (Å²) in [6.45, 7) is 6.98. The van der Waals surface area contributed by atoms with Crippen LogP contribution in [0, 0.1) is 17.8 Å². The molecule has 0 spiro atoms. The van der Waals surface area contributed by atoms with Gasteiger partial charge < -0.3 is 10.4 Å². The molecule has 0 saturated carbocycles. The molecule has 0 bridgehead atoms. The van der Waals surface area contributed by atoms with Gasteiger partial charge in [-0.25, -0.2) is 8.42 Å². The van der Waals surface area contributed by atoms with Gasteiger partial charge in [-0.15, -0.1) is 0 Å². The number of rotatable bonds is 9. The largest absolute Gasteiger partial charge is 0.394 e. The van der Waals surface area contributed by atoms with Crippen molar-refractivity contribution in [2.75, 3.05) is 19.7 Å². The van der Waals surface area contributed by atoms with Crippen LogP contribution in [0.5, 0.6) is 0 Å². The highest BCUT2D eigenvalue weighted by atomic mass is 32.2. The Morgan fingerprint density at radius 1 is 1.25 bits per heavy atom. The Labute approximate surface area is 169 Å². The van der Waals surface area contributed by atoms with Crippen molar-refractivity contribution in [1.29, 1.82) is 0 Å². The average Bonchev–Trinajstić information content (AvgIpc) is 2.67. The minimum atomic E-state index is -3.49. The first kappa shape index (κ1) is 22.8. The van der Waals surface area contributed by atoms with Gasteiger partial charge in [-0.1, -0.05) is 45.4 Å². The molecule has 2 N–H and O–H groups in total. The maximum absolute atomic E-state index is 12.9. The van der Waals surface area contributed by atoms with Gasteiger partial charge in [0.05, 0.1) is 17.5 Å². The van der Waals surface area contributed by atoms with E-state index in [9.17, 15) is 18.3 Å². The molecule has 1 aliphatic rings. The summed E-state index contributed by atoms with van der Waals surface area (Å²) in [5.74, 6) is 0.649. The first-order valence-electron chi connectivity index (χ1n) is 10.2. The zero-order chi connectivity index (χ0) is 20.7. The summed E-state index contributed by atoms with van der Waals surface area (Å²) in [7, 11) is -3.49. The van der Waals surface area contributed by atoms with Crippen molar-refractivity contribution in [3.63, 3.8) is 0 Å². The fourth-order valence-electron chi connectivity index (χ4n) is 4.01. The molecule has 1 aliphatic heterocycles. The van der Waals surface area contributed by atoms with Crippen molar-refractivity contribution in [2.24, 2.45) is 17.8 Å². The van der Waals surface area contributed by atoms with Crippen LogP contribution in [0.25, 0.3) is 0 Å². The second-order valence-electron chi connectivity index (χ2n) is 8.17. The van der Waals surface area contributed by atoms with E-state index in [0.717, 1.165) is 12.8 Å². The zero-order valence-corrected chi connectivity index (χ0v) is 18.0. The number of sulfonamides is 1. The quantitative estimate of drug-likeness (QED) is 0.655. The van der Waals surface area contributed by atoms with E-state index in [1.54, 1.807) is 34.6 Å². The molecule has 3 atom stereocenters. The van der Waals surface area contributed by atoms with Crippen LogP contribution in [0.15, 0.2) is 35.2 Å². The number of nitrogens with zero attached hydrogens (tertiary/aromatic N) is 1. The van der Waals surface area contributed by atoms with Crippen molar-refractivity contribution >= 4 is 15.9 Å². The molecule has 1 aromatic carbocycles. The fraction of sp³-hybridized carbons (Fsp3) is 0.667. The third kappa shape index (κ3) is 6.03. The van der Waals surface area contributed by atoms with Crippen LogP contribution < -0.4 is 5.32 Å². The van der Waals surface area contributed by atoms with Crippen LogP contribution >= 0.6 is 0 Å². The van der Waals surface area contributed by atoms with E-state index < -0.39 is 10.0 Å². The maximum atomic E-state index is 12.9. The maximum Gasteiger partial charge on any atom is 0.243 e. The zero-order valence-electron chi connectivity index (χ0n) is 17.2. The lowest BCUT2D eigenvalue weighted by Crippen LogP contribution is -2.46. The first-order chi connectivity index (χ1) is 13.3. The van der Waals surface area contributed by atoms with Gasteiger partial charge >= 0.3 is 0 Å². The van der Waals surface area contributed by atoms with Gasteiger partial charge in [0.15, 0.2) is 0 Å². The summed E-state index contributed by atoms with van der Waals surface area (Å²) in [5, 5.41) is 12.4. The molecule has 28 heavy (non-hydrogen) atoms. The number of hydrogen-bond donors (Lipinski definition) is 2. The second-order valence-corrected chi connectivity index (χ2v) is 10.1. The highest BCUT2D eigenvalue weighted by molar-refractivity contribution is 7.89. The molecule has 3 unspecified atom stereocenters. The fourth-order valence-corrected chi connectivity index (χ4v) is 5.54. The number of benzene rings is 1. The van der Waals surface area contributed by atoms with E-state index in [-0.39, 0.29) is 30.4 Å². The average molecular weight is 411 g/mol. The minimum Gasteiger partial charge on any atom is -0.394 e. The molecule has 0 aliphatic carbocycles. The van der Waals surface area contributed by atoms with Crippen LogP contribution in [-0.4, -0.2) is 49.5 Å². The van der Waals surface area contributed by atoms with E-state index in [1.165, 1.54) is 0 Å². The number of aliphatic hydroxyl groups is 1. The number of nitrogens with one attached hydrogen (secondary N) is 1. The van der Waals surface area contributed by atoms with Gasteiger partial charge in [0, 0.05) is 19.5 Å². The predicted molar refractivity (Wildman–Crippen MR) is 110 cm³/mol. The molecule has 0 aromatic heterocycles. The van der Waals surface area contributed by atoms with Crippen molar-refractivity contribution in [3.8, 4) is 0 Å². The first-order valence-corrected chi connectivity index (χ1v) is 11.7. The van der Waals surface area contributed by atoms with Gasteiger partial charge in [0.25, 0.3) is 0 Å². The SMILES string of the molecule is CCC1CN(S(=O)(=O)c2ccccc2)CCC1CC(=O)NC(CO)CC(C)C.